The Balaban J connectivity index is 1.15. The lowest BCUT2D eigenvalue weighted by Crippen LogP contribution is -2.37. The van der Waals surface area contributed by atoms with Crippen molar-refractivity contribution in [3.63, 3.8) is 0 Å². The summed E-state index contributed by atoms with van der Waals surface area (Å²) in [5.74, 6) is 0.0571. The van der Waals surface area contributed by atoms with Crippen LogP contribution in [-0.2, 0) is 6.54 Å². The first-order valence-corrected chi connectivity index (χ1v) is 12.4. The number of carbonyl (C=O) groups is 1. The molecule has 1 amide bonds. The van der Waals surface area contributed by atoms with E-state index in [0.717, 1.165) is 67.8 Å². The Morgan fingerprint density at radius 3 is 2.74 bits per heavy atom. The highest BCUT2D eigenvalue weighted by Gasteiger charge is 2.32. The van der Waals surface area contributed by atoms with Gasteiger partial charge in [0.25, 0.3) is 5.91 Å². The number of piperidine rings is 1. The third-order valence-corrected chi connectivity index (χ3v) is 7.48. The van der Waals surface area contributed by atoms with Gasteiger partial charge >= 0.3 is 0 Å². The lowest BCUT2D eigenvalue weighted by atomic mass is 9.91. The average molecular weight is 469 g/mol. The number of amides is 1. The van der Waals surface area contributed by atoms with Gasteiger partial charge in [-0.2, -0.15) is 0 Å². The van der Waals surface area contributed by atoms with Gasteiger partial charge in [0.2, 0.25) is 0 Å². The molecule has 2 aliphatic heterocycles. The van der Waals surface area contributed by atoms with Crippen LogP contribution in [0.4, 0.5) is 4.39 Å². The molecule has 4 heterocycles. The molecule has 1 saturated heterocycles. The Kier molecular flexibility index (Phi) is 6.44. The maximum atomic E-state index is 13.4. The van der Waals surface area contributed by atoms with Gasteiger partial charge in [-0.25, -0.2) is 4.39 Å². The molecule has 0 bridgehead atoms. The van der Waals surface area contributed by atoms with Crippen LogP contribution in [0.2, 0.25) is 0 Å². The molecule has 0 saturated carbocycles. The second-order valence-corrected chi connectivity index (χ2v) is 9.63. The quantitative estimate of drug-likeness (QED) is 0.586. The highest BCUT2D eigenvalue weighted by molar-refractivity contribution is 5.97. The maximum Gasteiger partial charge on any atom is 0.256 e. The van der Waals surface area contributed by atoms with Crippen LogP contribution in [0, 0.1) is 12.7 Å². The molecular weight excluding hydrogens is 435 g/mol. The molecule has 2 aromatic heterocycles. The lowest BCUT2D eigenvalue weighted by molar-refractivity contribution is 0.0735. The van der Waals surface area contributed by atoms with Crippen LogP contribution in [-0.4, -0.2) is 63.3 Å². The van der Waals surface area contributed by atoms with E-state index in [4.69, 9.17) is 4.52 Å². The van der Waals surface area contributed by atoms with E-state index in [0.29, 0.717) is 36.6 Å². The summed E-state index contributed by atoms with van der Waals surface area (Å²) in [6.07, 6.45) is 4.83. The predicted octanol–water partition coefficient (Wildman–Crippen LogP) is 4.25. The first kappa shape index (κ1) is 23.1. The molecule has 2 aliphatic rings. The smallest absolute Gasteiger partial charge is 0.256 e. The first-order valence-electron chi connectivity index (χ1n) is 12.4. The molecule has 8 heteroatoms. The van der Waals surface area contributed by atoms with Crippen molar-refractivity contribution in [2.75, 3.05) is 32.7 Å². The summed E-state index contributed by atoms with van der Waals surface area (Å²) in [5.41, 5.74) is 3.86. The summed E-state index contributed by atoms with van der Waals surface area (Å²) >= 11 is 0. The van der Waals surface area contributed by atoms with Crippen LogP contribution in [0.1, 0.15) is 71.9 Å². The summed E-state index contributed by atoms with van der Waals surface area (Å²) in [6.45, 7) is 8.89. The fourth-order valence-electron chi connectivity index (χ4n) is 5.64. The van der Waals surface area contributed by atoms with Gasteiger partial charge < -0.3 is 24.0 Å². The molecule has 1 aromatic carbocycles. The summed E-state index contributed by atoms with van der Waals surface area (Å²) < 4.78 is 20.8. The Hall–Kier alpha value is -2.71. The number of hydrogen-bond acceptors (Lipinski definition) is 5. The zero-order valence-electron chi connectivity index (χ0n) is 20.0. The number of carbonyl (C=O) groups excluding carboxylic acids is 1. The van der Waals surface area contributed by atoms with E-state index in [1.807, 2.05) is 29.5 Å². The molecule has 0 aliphatic carbocycles. The number of benzene rings is 1. The van der Waals surface area contributed by atoms with Gasteiger partial charge in [-0.05, 0) is 76.9 Å². The Bertz CT molecular complexity index is 1180. The first-order chi connectivity index (χ1) is 16.5. The summed E-state index contributed by atoms with van der Waals surface area (Å²) in [5, 5.41) is 15.8. The second-order valence-electron chi connectivity index (χ2n) is 9.63. The molecule has 1 fully saturated rings. The van der Waals surface area contributed by atoms with Gasteiger partial charge in [0.1, 0.15) is 5.82 Å². The third kappa shape index (κ3) is 4.25. The Labute approximate surface area is 199 Å². The van der Waals surface area contributed by atoms with Gasteiger partial charge in [0.15, 0.2) is 5.58 Å². The van der Waals surface area contributed by atoms with Crippen LogP contribution in [0.25, 0.3) is 11.0 Å². The SMILES string of the molecule is CCn1cc(C)c2c1C(O)CCN(CCCN1CCC(c3noc4cc(F)ccc34)CC1)C2=O. The number of aromatic nitrogens is 2. The van der Waals surface area contributed by atoms with Crippen molar-refractivity contribution in [2.24, 2.45) is 0 Å². The molecule has 34 heavy (non-hydrogen) atoms. The number of fused-ring (bicyclic) bond motifs is 2. The van der Waals surface area contributed by atoms with Crippen LogP contribution in [0.5, 0.6) is 0 Å². The summed E-state index contributed by atoms with van der Waals surface area (Å²) in [6, 6.07) is 4.62. The zero-order valence-corrected chi connectivity index (χ0v) is 20.0. The number of likely N-dealkylation sites (tertiary alicyclic amines) is 1. The Morgan fingerprint density at radius 1 is 1.18 bits per heavy atom. The highest BCUT2D eigenvalue weighted by Crippen LogP contribution is 2.33. The van der Waals surface area contributed by atoms with Crippen molar-refractivity contribution >= 4 is 16.9 Å². The molecule has 5 rings (SSSR count). The van der Waals surface area contributed by atoms with E-state index in [1.54, 1.807) is 6.07 Å². The van der Waals surface area contributed by atoms with E-state index in [9.17, 15) is 14.3 Å². The standard InChI is InChI=1S/C26H33FN4O3/c1-3-30-16-17(2)23-25(30)21(32)9-14-31(26(23)33)11-4-10-29-12-7-18(8-13-29)24-20-6-5-19(27)15-22(20)34-28-24/h5-6,15-16,18,21,32H,3-4,7-14H2,1-2H3. The van der Waals surface area contributed by atoms with Crippen molar-refractivity contribution < 1.29 is 18.8 Å². The van der Waals surface area contributed by atoms with Gasteiger partial charge in [0, 0.05) is 43.2 Å². The van der Waals surface area contributed by atoms with Crippen LogP contribution in [0.15, 0.2) is 28.9 Å². The number of nitrogens with zero attached hydrogens (tertiary/aromatic N) is 4. The van der Waals surface area contributed by atoms with Crippen LogP contribution in [0.3, 0.4) is 0 Å². The number of aliphatic hydroxyl groups excluding tert-OH is 1. The molecule has 182 valence electrons. The Morgan fingerprint density at radius 2 is 1.97 bits per heavy atom. The number of aliphatic hydroxyl groups is 1. The van der Waals surface area contributed by atoms with Crippen molar-refractivity contribution in [1.29, 1.82) is 0 Å². The van der Waals surface area contributed by atoms with E-state index in [-0.39, 0.29) is 11.7 Å². The molecular formula is C26H33FN4O3. The molecule has 1 atom stereocenters. The molecule has 7 nitrogen and oxygen atoms in total. The van der Waals surface area contributed by atoms with E-state index in [2.05, 4.69) is 10.1 Å². The van der Waals surface area contributed by atoms with Crippen molar-refractivity contribution in [2.45, 2.75) is 58.1 Å². The maximum absolute atomic E-state index is 13.4. The van der Waals surface area contributed by atoms with E-state index in [1.165, 1.54) is 12.1 Å². The number of aryl methyl sites for hydroxylation is 2. The minimum Gasteiger partial charge on any atom is -0.387 e. The minimum absolute atomic E-state index is 0.0457. The monoisotopic (exact) mass is 468 g/mol. The number of rotatable bonds is 6. The molecule has 0 radical (unpaired) electrons. The van der Waals surface area contributed by atoms with Crippen molar-refractivity contribution in [3.8, 4) is 0 Å². The van der Waals surface area contributed by atoms with E-state index < -0.39 is 6.10 Å². The van der Waals surface area contributed by atoms with Crippen molar-refractivity contribution in [1.82, 2.24) is 19.5 Å². The van der Waals surface area contributed by atoms with E-state index >= 15 is 0 Å². The van der Waals surface area contributed by atoms with Gasteiger partial charge in [-0.3, -0.25) is 4.79 Å². The third-order valence-electron chi connectivity index (χ3n) is 7.48. The normalized spacial score (nSPS) is 20.2. The fourth-order valence-corrected chi connectivity index (χ4v) is 5.64. The minimum atomic E-state index is -0.597. The molecule has 3 aromatic rings. The molecule has 1 unspecified atom stereocenters. The number of hydrogen-bond donors (Lipinski definition) is 1. The molecule has 0 spiro atoms. The van der Waals surface area contributed by atoms with Gasteiger partial charge in [-0.1, -0.05) is 5.16 Å². The summed E-state index contributed by atoms with van der Waals surface area (Å²) in [7, 11) is 0. The highest BCUT2D eigenvalue weighted by atomic mass is 19.1. The van der Waals surface area contributed by atoms with Crippen molar-refractivity contribution in [3.05, 3.63) is 52.7 Å². The second kappa shape index (κ2) is 9.50. The van der Waals surface area contributed by atoms with Gasteiger partial charge in [-0.15, -0.1) is 0 Å². The van der Waals surface area contributed by atoms with Gasteiger partial charge in [0.05, 0.1) is 23.1 Å². The van der Waals surface area contributed by atoms with Crippen LogP contribution >= 0.6 is 0 Å². The lowest BCUT2D eigenvalue weighted by Gasteiger charge is -2.31. The fraction of sp³-hybridized carbons (Fsp3) is 0.538. The molecule has 1 N–H and O–H groups in total. The van der Waals surface area contributed by atoms with Crippen LogP contribution < -0.4 is 0 Å². The largest absolute Gasteiger partial charge is 0.387 e. The topological polar surface area (TPSA) is 74.7 Å². The predicted molar refractivity (Wildman–Crippen MR) is 127 cm³/mol. The number of halogens is 1. The summed E-state index contributed by atoms with van der Waals surface area (Å²) in [4.78, 5) is 17.6. The average Bonchev–Trinajstić information content (AvgIpc) is 3.37. The zero-order chi connectivity index (χ0) is 23.8.